The maximum Gasteiger partial charge on any atom is 0.308 e. The molecule has 0 aromatic carbocycles. The van der Waals surface area contributed by atoms with Crippen LogP contribution in [-0.2, 0) is 9.53 Å². The van der Waals surface area contributed by atoms with E-state index in [1.54, 1.807) is 12.7 Å². The predicted octanol–water partition coefficient (Wildman–Crippen LogP) is 1.18. The van der Waals surface area contributed by atoms with E-state index >= 15 is 0 Å². The molecule has 1 aromatic rings. The van der Waals surface area contributed by atoms with Crippen LogP contribution in [0.2, 0.25) is 0 Å². The molecular formula is C10H15N3O2. The normalized spacial score (nSPS) is 26.2. The van der Waals surface area contributed by atoms with Crippen LogP contribution >= 0.6 is 0 Å². The highest BCUT2D eigenvalue weighted by Gasteiger charge is 2.27. The van der Waals surface area contributed by atoms with Gasteiger partial charge in [0.05, 0.1) is 19.1 Å². The average Bonchev–Trinajstić information content (AvgIpc) is 2.82. The molecule has 1 aliphatic rings. The predicted molar refractivity (Wildman–Crippen MR) is 53.0 cm³/mol. The second kappa shape index (κ2) is 4.42. The van der Waals surface area contributed by atoms with Crippen molar-refractivity contribution in [3.8, 4) is 0 Å². The zero-order chi connectivity index (χ0) is 10.7. The summed E-state index contributed by atoms with van der Waals surface area (Å²) in [6, 6.07) is 0.397. The molecule has 0 atom stereocenters. The number of methoxy groups -OCH3 is 1. The minimum Gasteiger partial charge on any atom is -0.469 e. The lowest BCUT2D eigenvalue weighted by Gasteiger charge is -2.26. The van der Waals surface area contributed by atoms with Crippen LogP contribution in [0.25, 0.3) is 0 Å². The number of carbonyl (C=O) groups is 1. The molecule has 5 heteroatoms. The molecule has 1 saturated carbocycles. The third-order valence-corrected chi connectivity index (χ3v) is 3.04. The van der Waals surface area contributed by atoms with Crippen molar-refractivity contribution in [3.05, 3.63) is 12.7 Å². The molecule has 1 aliphatic carbocycles. The Morgan fingerprint density at radius 3 is 2.67 bits per heavy atom. The molecule has 0 radical (unpaired) electrons. The number of esters is 1. The van der Waals surface area contributed by atoms with E-state index < -0.39 is 0 Å². The van der Waals surface area contributed by atoms with Gasteiger partial charge in [-0.15, -0.1) is 0 Å². The molecule has 0 amide bonds. The fourth-order valence-electron chi connectivity index (χ4n) is 2.15. The molecule has 82 valence electrons. The van der Waals surface area contributed by atoms with Crippen molar-refractivity contribution < 1.29 is 9.53 Å². The Hall–Kier alpha value is -1.39. The van der Waals surface area contributed by atoms with Crippen molar-refractivity contribution in [2.24, 2.45) is 5.92 Å². The molecule has 5 nitrogen and oxygen atoms in total. The summed E-state index contributed by atoms with van der Waals surface area (Å²) < 4.78 is 6.62. The van der Waals surface area contributed by atoms with Crippen molar-refractivity contribution in [1.82, 2.24) is 14.8 Å². The first-order valence-electron chi connectivity index (χ1n) is 5.23. The molecule has 0 aliphatic heterocycles. The fraction of sp³-hybridized carbons (Fsp3) is 0.700. The van der Waals surface area contributed by atoms with Crippen molar-refractivity contribution in [2.75, 3.05) is 7.11 Å². The minimum absolute atomic E-state index is 0.0768. The third kappa shape index (κ3) is 2.16. The lowest BCUT2D eigenvalue weighted by atomic mass is 9.86. The van der Waals surface area contributed by atoms with E-state index in [0.717, 1.165) is 25.7 Å². The standard InChI is InChI=1S/C10H15N3O2/c1-15-10(14)8-2-4-9(5-3-8)13-7-11-6-12-13/h6-9H,2-5H2,1H3. The maximum atomic E-state index is 11.3. The van der Waals surface area contributed by atoms with Crippen LogP contribution in [0.1, 0.15) is 31.7 Å². The van der Waals surface area contributed by atoms with Gasteiger partial charge in [0.25, 0.3) is 0 Å². The summed E-state index contributed by atoms with van der Waals surface area (Å²) in [4.78, 5) is 15.2. The van der Waals surface area contributed by atoms with Crippen LogP contribution in [0.3, 0.4) is 0 Å². The van der Waals surface area contributed by atoms with Crippen LogP contribution in [0.5, 0.6) is 0 Å². The van der Waals surface area contributed by atoms with Gasteiger partial charge in [0.15, 0.2) is 0 Å². The van der Waals surface area contributed by atoms with Gasteiger partial charge in [-0.3, -0.25) is 4.79 Å². The molecule has 1 aromatic heterocycles. The van der Waals surface area contributed by atoms with Crippen LogP contribution in [-0.4, -0.2) is 27.8 Å². The second-order valence-corrected chi connectivity index (χ2v) is 3.90. The lowest BCUT2D eigenvalue weighted by Crippen LogP contribution is -2.24. The van der Waals surface area contributed by atoms with Gasteiger partial charge >= 0.3 is 5.97 Å². The number of aromatic nitrogens is 3. The summed E-state index contributed by atoms with van der Waals surface area (Å²) >= 11 is 0. The van der Waals surface area contributed by atoms with Gasteiger partial charge in [0.1, 0.15) is 12.7 Å². The Balaban J connectivity index is 1.90. The molecule has 0 spiro atoms. The second-order valence-electron chi connectivity index (χ2n) is 3.90. The molecule has 0 bridgehead atoms. The summed E-state index contributed by atoms with van der Waals surface area (Å²) in [7, 11) is 1.45. The minimum atomic E-state index is -0.0768. The molecular weight excluding hydrogens is 194 g/mol. The Labute approximate surface area is 88.4 Å². The van der Waals surface area contributed by atoms with Crippen molar-refractivity contribution in [3.63, 3.8) is 0 Å². The van der Waals surface area contributed by atoms with Gasteiger partial charge < -0.3 is 4.74 Å². The van der Waals surface area contributed by atoms with E-state index in [1.807, 2.05) is 4.68 Å². The number of hydrogen-bond acceptors (Lipinski definition) is 4. The summed E-state index contributed by atoms with van der Waals surface area (Å²) in [6.45, 7) is 0. The smallest absolute Gasteiger partial charge is 0.308 e. The monoisotopic (exact) mass is 209 g/mol. The van der Waals surface area contributed by atoms with Gasteiger partial charge in [-0.25, -0.2) is 9.67 Å². The Kier molecular flexibility index (Phi) is 2.99. The summed E-state index contributed by atoms with van der Waals surface area (Å²) in [6.07, 6.45) is 7.01. The summed E-state index contributed by atoms with van der Waals surface area (Å²) in [5, 5.41) is 4.12. The lowest BCUT2D eigenvalue weighted by molar-refractivity contribution is -0.146. The van der Waals surface area contributed by atoms with Gasteiger partial charge in [-0.05, 0) is 25.7 Å². The van der Waals surface area contributed by atoms with Gasteiger partial charge in [-0.2, -0.15) is 5.10 Å². The highest BCUT2D eigenvalue weighted by Crippen LogP contribution is 2.31. The van der Waals surface area contributed by atoms with E-state index in [0.29, 0.717) is 6.04 Å². The SMILES string of the molecule is COC(=O)C1CCC(n2cncn2)CC1. The quantitative estimate of drug-likeness (QED) is 0.686. The first-order chi connectivity index (χ1) is 7.31. The number of rotatable bonds is 2. The first kappa shape index (κ1) is 10.1. The Morgan fingerprint density at radius 1 is 1.40 bits per heavy atom. The van der Waals surface area contributed by atoms with Gasteiger partial charge in [-0.1, -0.05) is 0 Å². The molecule has 0 saturated heterocycles. The van der Waals surface area contributed by atoms with Crippen LogP contribution in [0, 0.1) is 5.92 Å². The van der Waals surface area contributed by atoms with E-state index in [-0.39, 0.29) is 11.9 Å². The van der Waals surface area contributed by atoms with Crippen molar-refractivity contribution >= 4 is 5.97 Å². The largest absolute Gasteiger partial charge is 0.469 e. The number of hydrogen-bond donors (Lipinski definition) is 0. The van der Waals surface area contributed by atoms with Crippen LogP contribution in [0.4, 0.5) is 0 Å². The highest BCUT2D eigenvalue weighted by molar-refractivity contribution is 5.72. The first-order valence-corrected chi connectivity index (χ1v) is 5.23. The molecule has 15 heavy (non-hydrogen) atoms. The topological polar surface area (TPSA) is 57.0 Å². The van der Waals surface area contributed by atoms with Crippen molar-refractivity contribution in [2.45, 2.75) is 31.7 Å². The van der Waals surface area contributed by atoms with E-state index in [9.17, 15) is 4.79 Å². The molecule has 0 N–H and O–H groups in total. The molecule has 1 fully saturated rings. The zero-order valence-corrected chi connectivity index (χ0v) is 8.80. The van der Waals surface area contributed by atoms with E-state index in [1.165, 1.54) is 7.11 Å². The Morgan fingerprint density at radius 2 is 2.13 bits per heavy atom. The highest BCUT2D eigenvalue weighted by atomic mass is 16.5. The molecule has 2 rings (SSSR count). The van der Waals surface area contributed by atoms with Crippen LogP contribution in [0.15, 0.2) is 12.7 Å². The number of ether oxygens (including phenoxy) is 1. The number of nitrogens with zero attached hydrogens (tertiary/aromatic N) is 3. The van der Waals surface area contributed by atoms with E-state index in [2.05, 4.69) is 10.1 Å². The maximum absolute atomic E-state index is 11.3. The molecule has 1 heterocycles. The number of carbonyl (C=O) groups excluding carboxylic acids is 1. The third-order valence-electron chi connectivity index (χ3n) is 3.04. The van der Waals surface area contributed by atoms with E-state index in [4.69, 9.17) is 4.74 Å². The van der Waals surface area contributed by atoms with Crippen molar-refractivity contribution in [1.29, 1.82) is 0 Å². The zero-order valence-electron chi connectivity index (χ0n) is 8.80. The Bertz CT molecular complexity index is 315. The summed E-state index contributed by atoms with van der Waals surface area (Å²) in [5.41, 5.74) is 0. The fourth-order valence-corrected chi connectivity index (χ4v) is 2.15. The molecule has 0 unspecified atom stereocenters. The van der Waals surface area contributed by atoms with Crippen LogP contribution < -0.4 is 0 Å². The summed E-state index contributed by atoms with van der Waals surface area (Å²) in [5.74, 6) is 0.00168. The van der Waals surface area contributed by atoms with Gasteiger partial charge in [0, 0.05) is 0 Å². The van der Waals surface area contributed by atoms with Gasteiger partial charge in [0.2, 0.25) is 0 Å². The average molecular weight is 209 g/mol.